The SMILES string of the molecule is Cc1nn(CC(C)C)c(C)c1CCC(=O)NC1(C(=O)O)CCCCC1. The van der Waals surface area contributed by atoms with Gasteiger partial charge in [-0.1, -0.05) is 33.1 Å². The molecule has 0 bridgehead atoms. The number of carbonyl (C=O) groups is 2. The molecule has 0 aromatic carbocycles. The van der Waals surface area contributed by atoms with Crippen LogP contribution in [0.5, 0.6) is 0 Å². The second kappa shape index (κ2) is 8.02. The highest BCUT2D eigenvalue weighted by Gasteiger charge is 2.40. The molecule has 2 N–H and O–H groups in total. The van der Waals surface area contributed by atoms with E-state index in [1.807, 2.05) is 18.5 Å². The van der Waals surface area contributed by atoms with Crippen LogP contribution in [-0.4, -0.2) is 32.3 Å². The summed E-state index contributed by atoms with van der Waals surface area (Å²) in [6.07, 6.45) is 4.69. The van der Waals surface area contributed by atoms with E-state index in [1.54, 1.807) is 0 Å². The van der Waals surface area contributed by atoms with Gasteiger partial charge in [-0.25, -0.2) is 4.79 Å². The first kappa shape index (κ1) is 19.5. The summed E-state index contributed by atoms with van der Waals surface area (Å²) in [5, 5.41) is 17.0. The fourth-order valence-corrected chi connectivity index (χ4v) is 3.74. The van der Waals surface area contributed by atoms with E-state index in [4.69, 9.17) is 0 Å². The number of aliphatic carboxylic acids is 1. The van der Waals surface area contributed by atoms with Crippen LogP contribution in [0.15, 0.2) is 0 Å². The maximum absolute atomic E-state index is 12.4. The molecular weight excluding hydrogens is 318 g/mol. The molecule has 1 fully saturated rings. The van der Waals surface area contributed by atoms with Crippen molar-refractivity contribution in [2.24, 2.45) is 5.92 Å². The average Bonchev–Trinajstić information content (AvgIpc) is 2.79. The van der Waals surface area contributed by atoms with Gasteiger partial charge in [-0.15, -0.1) is 0 Å². The topological polar surface area (TPSA) is 84.2 Å². The summed E-state index contributed by atoms with van der Waals surface area (Å²) in [4.78, 5) is 24.1. The van der Waals surface area contributed by atoms with Crippen molar-refractivity contribution in [1.82, 2.24) is 15.1 Å². The average molecular weight is 349 g/mol. The number of carboxylic acid groups (broad SMARTS) is 1. The highest BCUT2D eigenvalue weighted by molar-refractivity contribution is 5.87. The molecular formula is C19H31N3O3. The van der Waals surface area contributed by atoms with Gasteiger partial charge in [-0.3, -0.25) is 9.48 Å². The molecule has 6 heteroatoms. The third-order valence-electron chi connectivity index (χ3n) is 5.17. The van der Waals surface area contributed by atoms with E-state index in [2.05, 4.69) is 24.3 Å². The van der Waals surface area contributed by atoms with E-state index in [-0.39, 0.29) is 5.91 Å². The van der Waals surface area contributed by atoms with Crippen LogP contribution >= 0.6 is 0 Å². The summed E-state index contributed by atoms with van der Waals surface area (Å²) >= 11 is 0. The minimum atomic E-state index is -1.07. The Bertz CT molecular complexity index is 628. The molecule has 140 valence electrons. The Labute approximate surface area is 150 Å². The predicted octanol–water partition coefficient (Wildman–Crippen LogP) is 2.99. The fourth-order valence-electron chi connectivity index (χ4n) is 3.74. The minimum Gasteiger partial charge on any atom is -0.480 e. The minimum absolute atomic E-state index is 0.181. The maximum Gasteiger partial charge on any atom is 0.329 e. The number of aromatic nitrogens is 2. The normalized spacial score (nSPS) is 16.8. The maximum atomic E-state index is 12.4. The first-order valence-corrected chi connectivity index (χ1v) is 9.32. The van der Waals surface area contributed by atoms with Gasteiger partial charge in [0.2, 0.25) is 5.91 Å². The van der Waals surface area contributed by atoms with E-state index in [0.717, 1.165) is 42.8 Å². The Morgan fingerprint density at radius 2 is 1.88 bits per heavy atom. The molecule has 1 aliphatic carbocycles. The molecule has 0 spiro atoms. The van der Waals surface area contributed by atoms with Gasteiger partial charge >= 0.3 is 5.97 Å². The van der Waals surface area contributed by atoms with E-state index >= 15 is 0 Å². The highest BCUT2D eigenvalue weighted by atomic mass is 16.4. The second-order valence-corrected chi connectivity index (χ2v) is 7.72. The standard InChI is InChI=1S/C19H31N3O3/c1-13(2)12-22-15(4)16(14(3)21-22)8-9-17(23)20-19(18(24)25)10-6-5-7-11-19/h13H,5-12H2,1-4H3,(H,20,23)(H,24,25). The van der Waals surface area contributed by atoms with Crippen molar-refractivity contribution in [2.75, 3.05) is 0 Å². The predicted molar refractivity (Wildman–Crippen MR) is 96.5 cm³/mol. The van der Waals surface area contributed by atoms with E-state index in [9.17, 15) is 14.7 Å². The van der Waals surface area contributed by atoms with Gasteiger partial charge in [-0.2, -0.15) is 5.10 Å². The second-order valence-electron chi connectivity index (χ2n) is 7.72. The van der Waals surface area contributed by atoms with Crippen LogP contribution in [0.3, 0.4) is 0 Å². The third-order valence-corrected chi connectivity index (χ3v) is 5.17. The molecule has 1 aliphatic rings. The molecule has 0 unspecified atom stereocenters. The Balaban J connectivity index is 2.00. The van der Waals surface area contributed by atoms with Crippen LogP contribution in [0.25, 0.3) is 0 Å². The molecule has 1 aromatic rings. The Morgan fingerprint density at radius 3 is 2.44 bits per heavy atom. The highest BCUT2D eigenvalue weighted by Crippen LogP contribution is 2.28. The zero-order chi connectivity index (χ0) is 18.6. The summed E-state index contributed by atoms with van der Waals surface area (Å²) < 4.78 is 2.01. The number of carboxylic acids is 1. The lowest BCUT2D eigenvalue weighted by atomic mass is 9.81. The Hall–Kier alpha value is -1.85. The van der Waals surface area contributed by atoms with Crippen molar-refractivity contribution < 1.29 is 14.7 Å². The number of nitrogens with one attached hydrogen (secondary N) is 1. The van der Waals surface area contributed by atoms with Crippen molar-refractivity contribution in [3.8, 4) is 0 Å². The van der Waals surface area contributed by atoms with Crippen LogP contribution < -0.4 is 5.32 Å². The number of hydrogen-bond donors (Lipinski definition) is 2. The summed E-state index contributed by atoms with van der Waals surface area (Å²) in [7, 11) is 0. The van der Waals surface area contributed by atoms with Gasteiger partial charge in [0.25, 0.3) is 0 Å². The van der Waals surface area contributed by atoms with Crippen molar-refractivity contribution >= 4 is 11.9 Å². The first-order chi connectivity index (χ1) is 11.7. The third kappa shape index (κ3) is 4.61. The molecule has 0 saturated heterocycles. The molecule has 1 heterocycles. The molecule has 25 heavy (non-hydrogen) atoms. The van der Waals surface area contributed by atoms with E-state index in [1.165, 1.54) is 0 Å². The lowest BCUT2D eigenvalue weighted by Gasteiger charge is -2.34. The Kier molecular flexibility index (Phi) is 6.25. The van der Waals surface area contributed by atoms with Crippen molar-refractivity contribution in [3.05, 3.63) is 17.0 Å². The number of hydrogen-bond acceptors (Lipinski definition) is 3. The zero-order valence-corrected chi connectivity index (χ0v) is 15.9. The van der Waals surface area contributed by atoms with Crippen molar-refractivity contribution in [2.45, 2.75) is 84.7 Å². The van der Waals surface area contributed by atoms with Gasteiger partial charge in [0.05, 0.1) is 5.69 Å². The van der Waals surface area contributed by atoms with Crippen molar-refractivity contribution in [1.29, 1.82) is 0 Å². The number of nitrogens with zero attached hydrogens (tertiary/aromatic N) is 2. The zero-order valence-electron chi connectivity index (χ0n) is 15.9. The van der Waals surface area contributed by atoms with Crippen LogP contribution in [0.1, 0.15) is 69.3 Å². The number of rotatable bonds is 7. The molecule has 1 amide bonds. The summed E-state index contributed by atoms with van der Waals surface area (Å²) in [6.45, 7) is 9.17. The molecule has 0 atom stereocenters. The molecule has 0 radical (unpaired) electrons. The van der Waals surface area contributed by atoms with Crippen LogP contribution in [0, 0.1) is 19.8 Å². The van der Waals surface area contributed by atoms with Gasteiger partial charge < -0.3 is 10.4 Å². The lowest BCUT2D eigenvalue weighted by Crippen LogP contribution is -2.55. The molecule has 2 rings (SSSR count). The van der Waals surface area contributed by atoms with E-state index in [0.29, 0.717) is 31.6 Å². The summed E-state index contributed by atoms with van der Waals surface area (Å²) in [6, 6.07) is 0. The molecule has 1 saturated carbocycles. The summed E-state index contributed by atoms with van der Waals surface area (Å²) in [5.74, 6) is -0.576. The number of amides is 1. The fraction of sp³-hybridized carbons (Fsp3) is 0.737. The molecule has 6 nitrogen and oxygen atoms in total. The Morgan fingerprint density at radius 1 is 1.24 bits per heavy atom. The number of carbonyl (C=O) groups excluding carboxylic acids is 1. The largest absolute Gasteiger partial charge is 0.480 e. The van der Waals surface area contributed by atoms with E-state index < -0.39 is 11.5 Å². The summed E-state index contributed by atoms with van der Waals surface area (Å²) in [5.41, 5.74) is 2.09. The van der Waals surface area contributed by atoms with Gasteiger partial charge in [0.1, 0.15) is 5.54 Å². The van der Waals surface area contributed by atoms with Gasteiger partial charge in [0.15, 0.2) is 0 Å². The van der Waals surface area contributed by atoms with Crippen LogP contribution in [0.4, 0.5) is 0 Å². The number of aryl methyl sites for hydroxylation is 1. The molecule has 0 aliphatic heterocycles. The lowest BCUT2D eigenvalue weighted by molar-refractivity contribution is -0.149. The quantitative estimate of drug-likeness (QED) is 0.792. The first-order valence-electron chi connectivity index (χ1n) is 9.32. The van der Waals surface area contributed by atoms with Crippen LogP contribution in [-0.2, 0) is 22.6 Å². The van der Waals surface area contributed by atoms with Gasteiger partial charge in [-0.05, 0) is 44.6 Å². The van der Waals surface area contributed by atoms with Crippen LogP contribution in [0.2, 0.25) is 0 Å². The van der Waals surface area contributed by atoms with Gasteiger partial charge in [0, 0.05) is 18.7 Å². The molecule has 1 aromatic heterocycles. The van der Waals surface area contributed by atoms with Crippen molar-refractivity contribution in [3.63, 3.8) is 0 Å². The smallest absolute Gasteiger partial charge is 0.329 e. The monoisotopic (exact) mass is 349 g/mol.